The van der Waals surface area contributed by atoms with Crippen LogP contribution in [0.15, 0.2) is 18.2 Å². The van der Waals surface area contributed by atoms with Crippen molar-refractivity contribution < 1.29 is 5.11 Å². The zero-order valence-corrected chi connectivity index (χ0v) is 8.30. The standard InChI is InChI=1S/C12H16O/c1-9-3-4-11(7-10(9)2)12(8-13)5-6-12/h3-4,7,13H,5-6,8H2,1-2H3. The highest BCUT2D eigenvalue weighted by molar-refractivity contribution is 5.37. The second-order valence-corrected chi connectivity index (χ2v) is 4.24. The topological polar surface area (TPSA) is 20.2 Å². The smallest absolute Gasteiger partial charge is 0.0527 e. The summed E-state index contributed by atoms with van der Waals surface area (Å²) in [5, 5.41) is 9.27. The molecule has 1 aliphatic carbocycles. The van der Waals surface area contributed by atoms with E-state index in [2.05, 4.69) is 32.0 Å². The molecule has 1 fully saturated rings. The van der Waals surface area contributed by atoms with Crippen molar-refractivity contribution in [3.05, 3.63) is 34.9 Å². The minimum atomic E-state index is 0.123. The number of benzene rings is 1. The van der Waals surface area contributed by atoms with Crippen molar-refractivity contribution in [1.29, 1.82) is 0 Å². The minimum absolute atomic E-state index is 0.123. The molecule has 0 heterocycles. The van der Waals surface area contributed by atoms with E-state index >= 15 is 0 Å². The monoisotopic (exact) mass is 176 g/mol. The van der Waals surface area contributed by atoms with Gasteiger partial charge in [-0.05, 0) is 43.4 Å². The van der Waals surface area contributed by atoms with Crippen LogP contribution in [0.3, 0.4) is 0 Å². The first-order chi connectivity index (χ1) is 6.18. The molecule has 0 aromatic heterocycles. The Bertz CT molecular complexity index is 324. The maximum absolute atomic E-state index is 9.27. The molecule has 2 rings (SSSR count). The first kappa shape index (κ1) is 8.76. The fourth-order valence-corrected chi connectivity index (χ4v) is 1.76. The molecule has 1 N–H and O–H groups in total. The van der Waals surface area contributed by atoms with E-state index in [1.54, 1.807) is 0 Å². The number of hydrogen-bond donors (Lipinski definition) is 1. The maximum Gasteiger partial charge on any atom is 0.0527 e. The highest BCUT2D eigenvalue weighted by Gasteiger charge is 2.43. The predicted octanol–water partition coefficient (Wildman–Crippen LogP) is 2.33. The Hall–Kier alpha value is -0.820. The maximum atomic E-state index is 9.27. The Morgan fingerprint density at radius 1 is 1.23 bits per heavy atom. The summed E-state index contributed by atoms with van der Waals surface area (Å²) in [7, 11) is 0. The summed E-state index contributed by atoms with van der Waals surface area (Å²) in [4.78, 5) is 0. The van der Waals surface area contributed by atoms with Crippen LogP contribution >= 0.6 is 0 Å². The zero-order chi connectivity index (χ0) is 9.47. The van der Waals surface area contributed by atoms with E-state index in [1.807, 2.05) is 0 Å². The van der Waals surface area contributed by atoms with E-state index in [9.17, 15) is 5.11 Å². The quantitative estimate of drug-likeness (QED) is 0.733. The number of aryl methyl sites for hydroxylation is 2. The normalized spacial score (nSPS) is 18.7. The molecule has 70 valence electrons. The van der Waals surface area contributed by atoms with E-state index in [0.717, 1.165) is 12.8 Å². The van der Waals surface area contributed by atoms with Gasteiger partial charge in [-0.3, -0.25) is 0 Å². The molecule has 0 radical (unpaired) electrons. The van der Waals surface area contributed by atoms with Crippen molar-refractivity contribution >= 4 is 0 Å². The summed E-state index contributed by atoms with van der Waals surface area (Å²) in [5.74, 6) is 0. The number of hydrogen-bond acceptors (Lipinski definition) is 1. The SMILES string of the molecule is Cc1ccc(C2(CO)CC2)cc1C. The lowest BCUT2D eigenvalue weighted by molar-refractivity contribution is 0.255. The van der Waals surface area contributed by atoms with Crippen molar-refractivity contribution in [2.24, 2.45) is 0 Å². The fraction of sp³-hybridized carbons (Fsp3) is 0.500. The van der Waals surface area contributed by atoms with Crippen molar-refractivity contribution in [3.8, 4) is 0 Å². The molecule has 1 aromatic carbocycles. The first-order valence-corrected chi connectivity index (χ1v) is 4.86. The van der Waals surface area contributed by atoms with Gasteiger partial charge in [0, 0.05) is 5.41 Å². The molecule has 1 saturated carbocycles. The van der Waals surface area contributed by atoms with E-state index in [-0.39, 0.29) is 5.41 Å². The molecule has 13 heavy (non-hydrogen) atoms. The molecule has 1 aromatic rings. The van der Waals surface area contributed by atoms with Gasteiger partial charge < -0.3 is 5.11 Å². The molecule has 1 heteroatoms. The average molecular weight is 176 g/mol. The van der Waals surface area contributed by atoms with Gasteiger partial charge >= 0.3 is 0 Å². The zero-order valence-electron chi connectivity index (χ0n) is 8.30. The van der Waals surface area contributed by atoms with Gasteiger partial charge in [0.2, 0.25) is 0 Å². The summed E-state index contributed by atoms with van der Waals surface area (Å²) >= 11 is 0. The highest BCUT2D eigenvalue weighted by Crippen LogP contribution is 2.47. The van der Waals surface area contributed by atoms with Crippen LogP contribution in [-0.2, 0) is 5.41 Å². The van der Waals surface area contributed by atoms with Gasteiger partial charge in [0.05, 0.1) is 6.61 Å². The van der Waals surface area contributed by atoms with Crippen LogP contribution in [0.2, 0.25) is 0 Å². The summed E-state index contributed by atoms with van der Waals surface area (Å²) < 4.78 is 0. The van der Waals surface area contributed by atoms with Gasteiger partial charge in [-0.25, -0.2) is 0 Å². The molecule has 0 saturated heterocycles. The van der Waals surface area contributed by atoms with E-state index in [1.165, 1.54) is 16.7 Å². The number of aliphatic hydroxyl groups excluding tert-OH is 1. The number of rotatable bonds is 2. The Morgan fingerprint density at radius 3 is 2.38 bits per heavy atom. The molecule has 0 bridgehead atoms. The van der Waals surface area contributed by atoms with Crippen LogP contribution in [0, 0.1) is 13.8 Å². The van der Waals surface area contributed by atoms with Crippen LogP contribution in [0.1, 0.15) is 29.5 Å². The lowest BCUT2D eigenvalue weighted by Crippen LogP contribution is -2.11. The van der Waals surface area contributed by atoms with Gasteiger partial charge in [-0.2, -0.15) is 0 Å². The second kappa shape index (κ2) is 2.85. The van der Waals surface area contributed by atoms with Gasteiger partial charge in [0.25, 0.3) is 0 Å². The largest absolute Gasteiger partial charge is 0.395 e. The highest BCUT2D eigenvalue weighted by atomic mass is 16.3. The van der Waals surface area contributed by atoms with Gasteiger partial charge in [-0.1, -0.05) is 18.2 Å². The number of aliphatic hydroxyl groups is 1. The van der Waals surface area contributed by atoms with Gasteiger partial charge in [-0.15, -0.1) is 0 Å². The summed E-state index contributed by atoms with van der Waals surface area (Å²) in [6.07, 6.45) is 2.29. The third kappa shape index (κ3) is 1.37. The second-order valence-electron chi connectivity index (χ2n) is 4.24. The Labute approximate surface area is 79.4 Å². The molecule has 0 unspecified atom stereocenters. The fourth-order valence-electron chi connectivity index (χ4n) is 1.76. The molecule has 0 amide bonds. The Balaban J connectivity index is 2.37. The molecule has 1 nitrogen and oxygen atoms in total. The molecular weight excluding hydrogens is 160 g/mol. The molecule has 0 atom stereocenters. The van der Waals surface area contributed by atoms with Crippen molar-refractivity contribution in [2.45, 2.75) is 32.1 Å². The van der Waals surface area contributed by atoms with E-state index < -0.39 is 0 Å². The van der Waals surface area contributed by atoms with Crippen LogP contribution in [-0.4, -0.2) is 11.7 Å². The summed E-state index contributed by atoms with van der Waals surface area (Å²) in [6.45, 7) is 4.55. The third-order valence-electron chi connectivity index (χ3n) is 3.28. The molecule has 1 aliphatic rings. The van der Waals surface area contributed by atoms with E-state index in [4.69, 9.17) is 0 Å². The molecule has 0 aliphatic heterocycles. The van der Waals surface area contributed by atoms with Crippen molar-refractivity contribution in [1.82, 2.24) is 0 Å². The predicted molar refractivity (Wildman–Crippen MR) is 53.9 cm³/mol. The Kier molecular flexibility index (Phi) is 1.92. The van der Waals surface area contributed by atoms with Gasteiger partial charge in [0.15, 0.2) is 0 Å². The van der Waals surface area contributed by atoms with Gasteiger partial charge in [0.1, 0.15) is 0 Å². The summed E-state index contributed by atoms with van der Waals surface area (Å²) in [6, 6.07) is 6.53. The molecular formula is C12H16O. The van der Waals surface area contributed by atoms with Crippen LogP contribution < -0.4 is 0 Å². The average Bonchev–Trinajstić information content (AvgIpc) is 2.90. The van der Waals surface area contributed by atoms with Crippen LogP contribution in [0.25, 0.3) is 0 Å². The van der Waals surface area contributed by atoms with Crippen molar-refractivity contribution in [3.63, 3.8) is 0 Å². The Morgan fingerprint density at radius 2 is 1.92 bits per heavy atom. The van der Waals surface area contributed by atoms with Crippen LogP contribution in [0.5, 0.6) is 0 Å². The summed E-state index contributed by atoms with van der Waals surface area (Å²) in [5.41, 5.74) is 4.10. The third-order valence-corrected chi connectivity index (χ3v) is 3.28. The lowest BCUT2D eigenvalue weighted by atomic mass is 9.94. The minimum Gasteiger partial charge on any atom is -0.395 e. The lowest BCUT2D eigenvalue weighted by Gasteiger charge is -2.13. The molecule has 0 spiro atoms. The van der Waals surface area contributed by atoms with E-state index in [0.29, 0.717) is 6.61 Å². The first-order valence-electron chi connectivity index (χ1n) is 4.86. The van der Waals surface area contributed by atoms with Crippen molar-refractivity contribution in [2.75, 3.05) is 6.61 Å². The van der Waals surface area contributed by atoms with Crippen LogP contribution in [0.4, 0.5) is 0 Å².